The first-order valence-electron chi connectivity index (χ1n) is 10.1. The summed E-state index contributed by atoms with van der Waals surface area (Å²) < 4.78 is 15.4. The molecule has 10 nitrogen and oxygen atoms in total. The number of allylic oxidation sites excluding steroid dienone is 1. The maximum Gasteiger partial charge on any atom is 0.337 e. The van der Waals surface area contributed by atoms with Gasteiger partial charge in [0.05, 0.1) is 38.8 Å². The first kappa shape index (κ1) is 21.8. The third kappa shape index (κ3) is 4.31. The van der Waals surface area contributed by atoms with Crippen molar-refractivity contribution in [3.05, 3.63) is 83.8 Å². The Morgan fingerprint density at radius 3 is 2.76 bits per heavy atom. The molecule has 0 fully saturated rings. The lowest BCUT2D eigenvalue weighted by Crippen LogP contribution is -2.27. The summed E-state index contributed by atoms with van der Waals surface area (Å²) in [6.45, 7) is 7.91. The molecule has 0 saturated heterocycles. The number of hydrogen-bond acceptors (Lipinski definition) is 7. The minimum Gasteiger partial charge on any atom is -0.481 e. The van der Waals surface area contributed by atoms with Crippen molar-refractivity contribution in [2.24, 2.45) is 7.05 Å². The molecule has 0 unspecified atom stereocenters. The van der Waals surface area contributed by atoms with E-state index in [0.29, 0.717) is 41.0 Å². The molecule has 0 radical (unpaired) electrons. The summed E-state index contributed by atoms with van der Waals surface area (Å²) in [5.74, 6) is 0.761. The quantitative estimate of drug-likeness (QED) is 0.380. The Balaban J connectivity index is 1.78. The second-order valence-electron chi connectivity index (χ2n) is 7.32. The van der Waals surface area contributed by atoms with Crippen LogP contribution < -0.4 is 25.8 Å². The summed E-state index contributed by atoms with van der Waals surface area (Å²) in [7, 11) is 4.84. The average Bonchev–Trinajstić information content (AvgIpc) is 3.40. The molecule has 10 heteroatoms. The van der Waals surface area contributed by atoms with Crippen molar-refractivity contribution >= 4 is 22.7 Å². The van der Waals surface area contributed by atoms with Crippen LogP contribution in [0.3, 0.4) is 0 Å². The van der Waals surface area contributed by atoms with E-state index < -0.39 is 0 Å². The Kier molecular flexibility index (Phi) is 5.90. The highest BCUT2D eigenvalue weighted by molar-refractivity contribution is 5.75. The summed E-state index contributed by atoms with van der Waals surface area (Å²) in [6.07, 6.45) is 6.66. The number of methoxy groups -OCH3 is 2. The van der Waals surface area contributed by atoms with Gasteiger partial charge in [0.2, 0.25) is 5.88 Å². The van der Waals surface area contributed by atoms with E-state index in [0.717, 1.165) is 11.3 Å². The molecule has 0 aliphatic heterocycles. The van der Waals surface area contributed by atoms with Gasteiger partial charge in [0, 0.05) is 24.6 Å². The molecule has 4 rings (SSSR count). The zero-order valence-corrected chi connectivity index (χ0v) is 18.7. The largest absolute Gasteiger partial charge is 0.481 e. The van der Waals surface area contributed by atoms with E-state index in [-0.39, 0.29) is 5.69 Å². The molecule has 3 aromatic heterocycles. The number of nitrogens with one attached hydrogen (secondary N) is 2. The van der Waals surface area contributed by atoms with E-state index >= 15 is 0 Å². The fraction of sp³-hybridized carbons (Fsp3) is 0.174. The number of aryl methyl sites for hydroxylation is 1. The number of ether oxygens (including phenoxy) is 2. The van der Waals surface area contributed by atoms with Crippen molar-refractivity contribution in [1.29, 1.82) is 0 Å². The Hall–Kier alpha value is -4.47. The van der Waals surface area contributed by atoms with Crippen molar-refractivity contribution in [2.45, 2.75) is 6.54 Å². The third-order valence-corrected chi connectivity index (χ3v) is 4.99. The van der Waals surface area contributed by atoms with E-state index in [2.05, 4.69) is 33.9 Å². The second-order valence-corrected chi connectivity index (χ2v) is 7.32. The van der Waals surface area contributed by atoms with Gasteiger partial charge in [-0.2, -0.15) is 0 Å². The van der Waals surface area contributed by atoms with Crippen molar-refractivity contribution in [2.75, 3.05) is 24.9 Å². The van der Waals surface area contributed by atoms with Crippen molar-refractivity contribution in [3.63, 3.8) is 0 Å². The zero-order chi connectivity index (χ0) is 23.5. The van der Waals surface area contributed by atoms with Gasteiger partial charge in [0.15, 0.2) is 5.65 Å². The van der Waals surface area contributed by atoms with E-state index in [1.54, 1.807) is 41.9 Å². The summed E-state index contributed by atoms with van der Waals surface area (Å²) in [5.41, 5.74) is 3.84. The summed E-state index contributed by atoms with van der Waals surface area (Å²) >= 11 is 0. The van der Waals surface area contributed by atoms with Crippen LogP contribution in [0.15, 0.2) is 72.6 Å². The highest BCUT2D eigenvalue weighted by atomic mass is 16.5. The maximum atomic E-state index is 13.3. The zero-order valence-electron chi connectivity index (χ0n) is 18.7. The predicted octanol–water partition coefficient (Wildman–Crippen LogP) is 3.15. The topological polar surface area (TPSA) is 99.6 Å². The molecule has 0 amide bonds. The molecule has 0 atom stereocenters. The summed E-state index contributed by atoms with van der Waals surface area (Å²) in [4.78, 5) is 17.7. The molecule has 1 aromatic carbocycles. The molecule has 4 aromatic rings. The van der Waals surface area contributed by atoms with Crippen LogP contribution in [0.25, 0.3) is 5.65 Å². The normalized spacial score (nSPS) is 10.8. The summed E-state index contributed by atoms with van der Waals surface area (Å²) in [6, 6.07) is 7.73. The standard InChI is InChI=1S/C23H25N7O3/c1-6-15(2)25-17-9-7-8-16(10-17)12-29-14-18(26-19-13-28(3)27-22(19)33-5)21-24-11-20(32-4)30(21)23(29)31/h6-11,13-14,25-26H,1-2,12H2,3-5H3. The average molecular weight is 447 g/mol. The fourth-order valence-corrected chi connectivity index (χ4v) is 3.48. The third-order valence-electron chi connectivity index (χ3n) is 4.99. The molecule has 2 N–H and O–H groups in total. The molecule has 0 saturated carbocycles. The molecule has 0 aliphatic carbocycles. The molecule has 170 valence electrons. The number of nitrogens with zero attached hydrogens (tertiary/aromatic N) is 5. The van der Waals surface area contributed by atoms with Crippen LogP contribution in [-0.2, 0) is 13.6 Å². The first-order valence-corrected chi connectivity index (χ1v) is 10.1. The molecule has 0 aliphatic rings. The van der Waals surface area contributed by atoms with Gasteiger partial charge in [-0.25, -0.2) is 14.2 Å². The van der Waals surface area contributed by atoms with Crippen LogP contribution in [0.5, 0.6) is 11.8 Å². The monoisotopic (exact) mass is 447 g/mol. The minimum absolute atomic E-state index is 0.281. The fourth-order valence-electron chi connectivity index (χ4n) is 3.48. The molecular weight excluding hydrogens is 422 g/mol. The van der Waals surface area contributed by atoms with Crippen LogP contribution in [-0.4, -0.2) is 38.0 Å². The Morgan fingerprint density at radius 1 is 1.21 bits per heavy atom. The van der Waals surface area contributed by atoms with Crippen molar-refractivity contribution in [1.82, 2.24) is 23.7 Å². The SMILES string of the molecule is C=CC(=C)Nc1cccc(Cn2cc(Nc3cn(C)nc3OC)c3ncc(OC)n3c2=O)c1. The number of fused-ring (bicyclic) bond motifs is 1. The van der Waals surface area contributed by atoms with Gasteiger partial charge in [-0.15, -0.1) is 5.10 Å². The number of rotatable bonds is 9. The van der Waals surface area contributed by atoms with E-state index in [1.807, 2.05) is 24.3 Å². The van der Waals surface area contributed by atoms with Crippen LogP contribution in [0.4, 0.5) is 17.1 Å². The van der Waals surface area contributed by atoms with Gasteiger partial charge >= 0.3 is 5.69 Å². The van der Waals surface area contributed by atoms with Crippen LogP contribution >= 0.6 is 0 Å². The van der Waals surface area contributed by atoms with Gasteiger partial charge < -0.3 is 20.1 Å². The lowest BCUT2D eigenvalue weighted by Gasteiger charge is -2.14. The number of imidazole rings is 1. The number of hydrogen-bond donors (Lipinski definition) is 2. The second kappa shape index (κ2) is 8.95. The minimum atomic E-state index is -0.281. The van der Waals surface area contributed by atoms with Crippen LogP contribution in [0, 0.1) is 0 Å². The van der Waals surface area contributed by atoms with Crippen LogP contribution in [0.2, 0.25) is 0 Å². The van der Waals surface area contributed by atoms with Gasteiger partial charge in [0.1, 0.15) is 5.69 Å². The molecular formula is C23H25N7O3. The number of benzene rings is 1. The van der Waals surface area contributed by atoms with Gasteiger partial charge in [-0.05, 0) is 23.8 Å². The van der Waals surface area contributed by atoms with Gasteiger partial charge in [0.25, 0.3) is 5.88 Å². The first-order chi connectivity index (χ1) is 15.9. The highest BCUT2D eigenvalue weighted by Gasteiger charge is 2.17. The summed E-state index contributed by atoms with van der Waals surface area (Å²) in [5, 5.41) is 10.7. The Bertz CT molecular complexity index is 1400. The Labute approximate surface area is 190 Å². The molecule has 0 spiro atoms. The number of anilines is 3. The molecule has 33 heavy (non-hydrogen) atoms. The lowest BCUT2D eigenvalue weighted by molar-refractivity contribution is 0.390. The predicted molar refractivity (Wildman–Crippen MR) is 128 cm³/mol. The number of aromatic nitrogens is 5. The van der Waals surface area contributed by atoms with Crippen molar-refractivity contribution < 1.29 is 9.47 Å². The molecule has 0 bridgehead atoms. The Morgan fingerprint density at radius 2 is 2.03 bits per heavy atom. The van der Waals surface area contributed by atoms with E-state index in [1.165, 1.54) is 17.7 Å². The van der Waals surface area contributed by atoms with Gasteiger partial charge in [-0.3, -0.25) is 9.25 Å². The van der Waals surface area contributed by atoms with E-state index in [4.69, 9.17) is 9.47 Å². The van der Waals surface area contributed by atoms with Crippen LogP contribution in [0.1, 0.15) is 5.56 Å². The molecule has 3 heterocycles. The van der Waals surface area contributed by atoms with Gasteiger partial charge in [-0.1, -0.05) is 25.3 Å². The lowest BCUT2D eigenvalue weighted by atomic mass is 10.2. The highest BCUT2D eigenvalue weighted by Crippen LogP contribution is 2.28. The maximum absolute atomic E-state index is 13.3. The van der Waals surface area contributed by atoms with Crippen molar-refractivity contribution in [3.8, 4) is 11.8 Å². The van der Waals surface area contributed by atoms with E-state index in [9.17, 15) is 4.79 Å². The smallest absolute Gasteiger partial charge is 0.337 e.